The van der Waals surface area contributed by atoms with Gasteiger partial charge in [0.05, 0.1) is 16.3 Å². The molecule has 2 aromatic carbocycles. The molecule has 0 saturated heterocycles. The molecule has 0 amide bonds. The number of halogens is 1. The molecule has 0 radical (unpaired) electrons. The van der Waals surface area contributed by atoms with Gasteiger partial charge in [-0.05, 0) is 36.2 Å². The van der Waals surface area contributed by atoms with Gasteiger partial charge in [-0.15, -0.1) is 0 Å². The van der Waals surface area contributed by atoms with Crippen LogP contribution in [0.5, 0.6) is 0 Å². The van der Waals surface area contributed by atoms with Crippen LogP contribution in [0.4, 0.5) is 10.1 Å². The van der Waals surface area contributed by atoms with Crippen molar-refractivity contribution in [1.29, 1.82) is 0 Å². The van der Waals surface area contributed by atoms with Gasteiger partial charge in [0.1, 0.15) is 5.82 Å². The lowest BCUT2D eigenvalue weighted by molar-refractivity contribution is 0.597. The van der Waals surface area contributed by atoms with Crippen molar-refractivity contribution in [3.8, 4) is 0 Å². The second-order valence-corrected chi connectivity index (χ2v) is 7.79. The Morgan fingerprint density at radius 2 is 1.82 bits per heavy atom. The first-order valence-corrected chi connectivity index (χ1v) is 9.00. The lowest BCUT2D eigenvalue weighted by Crippen LogP contribution is -2.11. The SMILES string of the molecule is CCS(=O)(=O)c1ccccc1N[C@@H]1C[C@H]1c1ccc(F)cc1. The fourth-order valence-electron chi connectivity index (χ4n) is 2.65. The highest BCUT2D eigenvalue weighted by Gasteiger charge is 2.39. The minimum atomic E-state index is -3.25. The predicted molar refractivity (Wildman–Crippen MR) is 85.3 cm³/mol. The van der Waals surface area contributed by atoms with Crippen LogP contribution in [-0.4, -0.2) is 20.2 Å². The third kappa shape index (κ3) is 2.99. The quantitative estimate of drug-likeness (QED) is 0.916. The van der Waals surface area contributed by atoms with Gasteiger partial charge in [-0.1, -0.05) is 31.2 Å². The third-order valence-corrected chi connectivity index (χ3v) is 5.82. The number of rotatable bonds is 5. The molecule has 1 saturated carbocycles. The van der Waals surface area contributed by atoms with Crippen molar-refractivity contribution in [3.05, 3.63) is 59.9 Å². The molecule has 2 atom stereocenters. The van der Waals surface area contributed by atoms with Gasteiger partial charge in [0.2, 0.25) is 0 Å². The van der Waals surface area contributed by atoms with E-state index in [1.54, 1.807) is 37.3 Å². The zero-order chi connectivity index (χ0) is 15.7. The molecule has 1 aliphatic carbocycles. The topological polar surface area (TPSA) is 46.2 Å². The van der Waals surface area contributed by atoms with Crippen LogP contribution in [0.15, 0.2) is 53.4 Å². The van der Waals surface area contributed by atoms with Crippen LogP contribution in [-0.2, 0) is 9.84 Å². The first kappa shape index (κ1) is 15.0. The molecule has 0 heterocycles. The maximum absolute atomic E-state index is 13.0. The van der Waals surface area contributed by atoms with E-state index in [2.05, 4.69) is 5.32 Å². The summed E-state index contributed by atoms with van der Waals surface area (Å²) in [5.74, 6) is 0.142. The van der Waals surface area contributed by atoms with E-state index in [4.69, 9.17) is 0 Å². The van der Waals surface area contributed by atoms with Crippen molar-refractivity contribution < 1.29 is 12.8 Å². The van der Waals surface area contributed by atoms with Crippen LogP contribution in [0.25, 0.3) is 0 Å². The van der Waals surface area contributed by atoms with Gasteiger partial charge in [-0.25, -0.2) is 12.8 Å². The largest absolute Gasteiger partial charge is 0.381 e. The molecular formula is C17H18FNO2S. The highest BCUT2D eigenvalue weighted by molar-refractivity contribution is 7.91. The smallest absolute Gasteiger partial charge is 0.180 e. The Morgan fingerprint density at radius 1 is 1.14 bits per heavy atom. The summed E-state index contributed by atoms with van der Waals surface area (Å²) in [5.41, 5.74) is 1.73. The molecule has 1 N–H and O–H groups in total. The highest BCUT2D eigenvalue weighted by atomic mass is 32.2. The van der Waals surface area contributed by atoms with Crippen molar-refractivity contribution in [2.24, 2.45) is 0 Å². The van der Waals surface area contributed by atoms with Crippen molar-refractivity contribution in [1.82, 2.24) is 0 Å². The summed E-state index contributed by atoms with van der Waals surface area (Å²) in [6.45, 7) is 1.64. The number of sulfone groups is 1. The molecule has 0 aromatic heterocycles. The molecule has 22 heavy (non-hydrogen) atoms. The third-order valence-electron chi connectivity index (χ3n) is 4.03. The van der Waals surface area contributed by atoms with E-state index in [1.165, 1.54) is 12.1 Å². The number of para-hydroxylation sites is 1. The van der Waals surface area contributed by atoms with E-state index < -0.39 is 9.84 Å². The molecule has 5 heteroatoms. The zero-order valence-corrected chi connectivity index (χ0v) is 13.1. The van der Waals surface area contributed by atoms with Gasteiger partial charge in [-0.3, -0.25) is 0 Å². The summed E-state index contributed by atoms with van der Waals surface area (Å²) < 4.78 is 37.2. The average Bonchev–Trinajstić information content (AvgIpc) is 3.27. The van der Waals surface area contributed by atoms with E-state index in [0.29, 0.717) is 16.5 Å². The average molecular weight is 319 g/mol. The van der Waals surface area contributed by atoms with Crippen molar-refractivity contribution >= 4 is 15.5 Å². The zero-order valence-electron chi connectivity index (χ0n) is 12.3. The minimum Gasteiger partial charge on any atom is -0.381 e. The van der Waals surface area contributed by atoms with Crippen LogP contribution in [0.2, 0.25) is 0 Å². The van der Waals surface area contributed by atoms with Gasteiger partial charge in [-0.2, -0.15) is 0 Å². The summed E-state index contributed by atoms with van der Waals surface area (Å²) in [6.07, 6.45) is 0.923. The second kappa shape index (κ2) is 5.72. The Labute approximate surface area is 130 Å². The van der Waals surface area contributed by atoms with Crippen LogP contribution >= 0.6 is 0 Å². The lowest BCUT2D eigenvalue weighted by atomic mass is 10.1. The second-order valence-electron chi connectivity index (χ2n) is 5.54. The van der Waals surface area contributed by atoms with Gasteiger partial charge < -0.3 is 5.32 Å². The molecule has 0 aliphatic heterocycles. The molecule has 0 bridgehead atoms. The summed E-state index contributed by atoms with van der Waals surface area (Å²) in [6, 6.07) is 13.7. The van der Waals surface area contributed by atoms with Gasteiger partial charge in [0.25, 0.3) is 0 Å². The van der Waals surface area contributed by atoms with Crippen molar-refractivity contribution in [2.75, 3.05) is 11.1 Å². The van der Waals surface area contributed by atoms with E-state index in [1.807, 2.05) is 6.07 Å². The molecule has 0 spiro atoms. The Balaban J connectivity index is 1.77. The van der Waals surface area contributed by atoms with Crippen molar-refractivity contribution in [2.45, 2.75) is 30.2 Å². The molecule has 116 valence electrons. The van der Waals surface area contributed by atoms with E-state index in [9.17, 15) is 12.8 Å². The first-order chi connectivity index (χ1) is 10.5. The maximum Gasteiger partial charge on any atom is 0.180 e. The summed E-state index contributed by atoms with van der Waals surface area (Å²) >= 11 is 0. The normalized spacial score (nSPS) is 20.6. The van der Waals surface area contributed by atoms with Crippen LogP contribution in [0.3, 0.4) is 0 Å². The molecule has 3 rings (SSSR count). The number of hydrogen-bond acceptors (Lipinski definition) is 3. The standard InChI is InChI=1S/C17H18FNO2S/c1-2-22(20,21)17-6-4-3-5-15(17)19-16-11-14(16)12-7-9-13(18)10-8-12/h3-10,14,16,19H,2,11H2,1H3/t14-,16+/m0/s1. The van der Waals surface area contributed by atoms with Gasteiger partial charge in [0, 0.05) is 12.0 Å². The number of benzene rings is 2. The van der Waals surface area contributed by atoms with Gasteiger partial charge in [0.15, 0.2) is 9.84 Å². The molecule has 1 fully saturated rings. The molecule has 0 unspecified atom stereocenters. The van der Waals surface area contributed by atoms with Crippen molar-refractivity contribution in [3.63, 3.8) is 0 Å². The Morgan fingerprint density at radius 3 is 2.50 bits per heavy atom. The van der Waals surface area contributed by atoms with E-state index in [0.717, 1.165) is 12.0 Å². The molecule has 2 aromatic rings. The van der Waals surface area contributed by atoms with E-state index in [-0.39, 0.29) is 17.6 Å². The monoisotopic (exact) mass is 319 g/mol. The number of nitrogens with one attached hydrogen (secondary N) is 1. The Bertz CT molecular complexity index is 772. The predicted octanol–water partition coefficient (Wildman–Crippen LogP) is 3.59. The summed E-state index contributed by atoms with van der Waals surface area (Å²) in [7, 11) is -3.25. The Hall–Kier alpha value is -1.88. The summed E-state index contributed by atoms with van der Waals surface area (Å²) in [4.78, 5) is 0.349. The van der Waals surface area contributed by atoms with Gasteiger partial charge >= 0.3 is 0 Å². The minimum absolute atomic E-state index is 0.0811. The molecular weight excluding hydrogens is 301 g/mol. The van der Waals surface area contributed by atoms with E-state index >= 15 is 0 Å². The number of hydrogen-bond donors (Lipinski definition) is 1. The fraction of sp³-hybridized carbons (Fsp3) is 0.294. The van der Waals surface area contributed by atoms with Crippen LogP contribution in [0.1, 0.15) is 24.8 Å². The fourth-order valence-corrected chi connectivity index (χ4v) is 3.70. The molecule has 3 nitrogen and oxygen atoms in total. The maximum atomic E-state index is 13.0. The lowest BCUT2D eigenvalue weighted by Gasteiger charge is -2.11. The molecule has 1 aliphatic rings. The Kier molecular flexibility index (Phi) is 3.91. The highest BCUT2D eigenvalue weighted by Crippen LogP contribution is 2.43. The number of anilines is 1. The van der Waals surface area contributed by atoms with Crippen LogP contribution < -0.4 is 5.32 Å². The van der Waals surface area contributed by atoms with Crippen LogP contribution in [0, 0.1) is 5.82 Å². The summed E-state index contributed by atoms with van der Waals surface area (Å²) in [5, 5.41) is 3.32. The first-order valence-electron chi connectivity index (χ1n) is 7.35.